The third kappa shape index (κ3) is 6.75. The van der Waals surface area contributed by atoms with Gasteiger partial charge in [-0.3, -0.25) is 9.78 Å². The van der Waals surface area contributed by atoms with Crippen LogP contribution in [0.5, 0.6) is 23.0 Å². The minimum Gasteiger partial charge on any atom is -0.497 e. The highest BCUT2D eigenvalue weighted by atomic mass is 16.5. The Morgan fingerprint density at radius 1 is 0.900 bits per heavy atom. The van der Waals surface area contributed by atoms with E-state index in [4.69, 9.17) is 23.9 Å². The first kappa shape index (κ1) is 33.8. The zero-order chi connectivity index (χ0) is 35.4. The van der Waals surface area contributed by atoms with Gasteiger partial charge in [-0.05, 0) is 66.8 Å². The van der Waals surface area contributed by atoms with E-state index in [1.54, 1.807) is 53.1 Å². The largest absolute Gasteiger partial charge is 0.497 e. The van der Waals surface area contributed by atoms with Crippen LogP contribution in [0.4, 0.5) is 16.4 Å². The van der Waals surface area contributed by atoms with E-state index in [1.165, 1.54) is 0 Å². The molecule has 1 aliphatic heterocycles. The summed E-state index contributed by atoms with van der Waals surface area (Å²) in [5, 5.41) is 14.3. The molecule has 4 heterocycles. The van der Waals surface area contributed by atoms with Crippen LogP contribution in [0.15, 0.2) is 73.2 Å². The van der Waals surface area contributed by atoms with E-state index in [0.29, 0.717) is 71.3 Å². The molecular weight excluding hydrogens is 640 g/mol. The number of benzene rings is 2. The van der Waals surface area contributed by atoms with E-state index < -0.39 is 12.1 Å². The molecule has 258 valence electrons. The molecule has 0 aliphatic carbocycles. The Morgan fingerprint density at radius 3 is 2.10 bits per heavy atom. The van der Waals surface area contributed by atoms with Gasteiger partial charge in [-0.2, -0.15) is 0 Å². The van der Waals surface area contributed by atoms with Crippen LogP contribution in [-0.4, -0.2) is 73.1 Å². The number of hydrogen-bond donors (Lipinski definition) is 2. The highest BCUT2D eigenvalue weighted by Gasteiger charge is 2.35. The molecule has 2 amide bonds. The number of aromatic nitrogens is 3. The molecule has 1 fully saturated rings. The van der Waals surface area contributed by atoms with Crippen LogP contribution >= 0.6 is 0 Å². The molecule has 0 unspecified atom stereocenters. The van der Waals surface area contributed by atoms with E-state index in [2.05, 4.69) is 20.2 Å². The van der Waals surface area contributed by atoms with Gasteiger partial charge in [0.15, 0.2) is 0 Å². The second-order valence-electron chi connectivity index (χ2n) is 11.7. The lowest BCUT2D eigenvalue weighted by Crippen LogP contribution is -2.44. The number of carbonyl (C=O) groups is 2. The van der Waals surface area contributed by atoms with Gasteiger partial charge in [-0.25, -0.2) is 19.7 Å². The molecule has 0 saturated carbocycles. The standard InChI is InChI=1S/C37H38N6O7/c1-22-10-12-38-18-28(22)30-14-25-15-34(43(37(45)46)31-11-13-39-36(31)44)40-19-29(25)35(41-30)42(20-23-6-8-26(47-2)16-32(23)49-4)21-24-7-9-27(48-3)17-33(24)50-5/h6-10,12,14-19,31H,11,13,20-21H2,1-5H3,(H,39,44)(H,45,46)/t31-/m1/s1. The van der Waals surface area contributed by atoms with Crippen LogP contribution in [0.2, 0.25) is 0 Å². The number of fused-ring (bicyclic) bond motifs is 1. The smallest absolute Gasteiger partial charge is 0.413 e. The van der Waals surface area contributed by atoms with Crippen LogP contribution in [0, 0.1) is 6.92 Å². The Bertz CT molecular complexity index is 2000. The Balaban J connectivity index is 1.57. The number of hydrogen-bond acceptors (Lipinski definition) is 10. The average molecular weight is 679 g/mol. The van der Waals surface area contributed by atoms with E-state index in [9.17, 15) is 14.7 Å². The fraction of sp³-hybridized carbons (Fsp3) is 0.270. The molecule has 13 heteroatoms. The maximum Gasteiger partial charge on any atom is 0.413 e. The second-order valence-corrected chi connectivity index (χ2v) is 11.7. The molecule has 1 saturated heterocycles. The van der Waals surface area contributed by atoms with Crippen molar-refractivity contribution in [2.75, 3.05) is 44.8 Å². The first-order chi connectivity index (χ1) is 24.2. The van der Waals surface area contributed by atoms with E-state index in [0.717, 1.165) is 27.2 Å². The Kier molecular flexibility index (Phi) is 9.84. The SMILES string of the molecule is COc1ccc(CN(Cc2ccc(OC)cc2OC)c2nc(-c3cnccc3C)cc3cc(N(C(=O)O)[C@@H]4CCNC4=O)ncc23)c(OC)c1. The molecule has 0 spiro atoms. The maximum atomic E-state index is 12.6. The number of aryl methyl sites for hydroxylation is 1. The monoisotopic (exact) mass is 678 g/mol. The van der Waals surface area contributed by atoms with Crippen molar-refractivity contribution in [3.05, 3.63) is 89.9 Å². The fourth-order valence-electron chi connectivity index (χ4n) is 6.16. The Hall–Kier alpha value is -6.11. The summed E-state index contributed by atoms with van der Waals surface area (Å²) in [5.41, 5.74) is 4.13. The molecule has 50 heavy (non-hydrogen) atoms. The molecule has 0 radical (unpaired) electrons. The second kappa shape index (κ2) is 14.6. The topological polar surface area (TPSA) is 148 Å². The summed E-state index contributed by atoms with van der Waals surface area (Å²) in [7, 11) is 6.42. The molecule has 5 aromatic rings. The number of ether oxygens (including phenoxy) is 4. The molecule has 1 aliphatic rings. The van der Waals surface area contributed by atoms with Crippen LogP contribution in [-0.2, 0) is 17.9 Å². The van der Waals surface area contributed by atoms with E-state index in [1.807, 2.05) is 55.5 Å². The van der Waals surface area contributed by atoms with E-state index in [-0.39, 0.29) is 11.7 Å². The highest BCUT2D eigenvalue weighted by molar-refractivity contribution is 6.00. The van der Waals surface area contributed by atoms with Crippen molar-refractivity contribution in [2.24, 2.45) is 0 Å². The molecule has 2 N–H and O–H groups in total. The summed E-state index contributed by atoms with van der Waals surface area (Å²) in [5.74, 6) is 2.93. The molecular formula is C37H38N6O7. The van der Waals surface area contributed by atoms with Gasteiger partial charge in [-0.15, -0.1) is 0 Å². The lowest BCUT2D eigenvalue weighted by atomic mass is 10.0. The summed E-state index contributed by atoms with van der Waals surface area (Å²) in [6, 6.07) is 15.9. The lowest BCUT2D eigenvalue weighted by molar-refractivity contribution is -0.120. The molecule has 0 bridgehead atoms. The molecule has 6 rings (SSSR count). The molecule has 1 atom stereocenters. The predicted molar refractivity (Wildman–Crippen MR) is 188 cm³/mol. The van der Waals surface area contributed by atoms with Crippen molar-refractivity contribution in [1.29, 1.82) is 0 Å². The molecule has 3 aromatic heterocycles. The predicted octanol–water partition coefficient (Wildman–Crippen LogP) is 5.61. The van der Waals surface area contributed by atoms with Crippen LogP contribution < -0.4 is 34.1 Å². The van der Waals surface area contributed by atoms with Gasteiger partial charge < -0.3 is 34.3 Å². The lowest BCUT2D eigenvalue weighted by Gasteiger charge is -2.28. The van der Waals surface area contributed by atoms with Gasteiger partial charge in [0, 0.05) is 72.4 Å². The van der Waals surface area contributed by atoms with Gasteiger partial charge in [0.1, 0.15) is 40.7 Å². The zero-order valence-electron chi connectivity index (χ0n) is 28.5. The minimum absolute atomic E-state index is 0.137. The van der Waals surface area contributed by atoms with Gasteiger partial charge in [-0.1, -0.05) is 0 Å². The number of carboxylic acid groups (broad SMARTS) is 1. The minimum atomic E-state index is -1.27. The van der Waals surface area contributed by atoms with Crippen molar-refractivity contribution in [2.45, 2.75) is 32.5 Å². The van der Waals surface area contributed by atoms with Crippen LogP contribution in [0.25, 0.3) is 22.0 Å². The number of methoxy groups -OCH3 is 4. The maximum absolute atomic E-state index is 12.6. The summed E-state index contributed by atoms with van der Waals surface area (Å²) in [6.07, 6.45) is 4.16. The number of nitrogens with one attached hydrogen (secondary N) is 1. The summed E-state index contributed by atoms with van der Waals surface area (Å²) in [4.78, 5) is 42.4. The number of amides is 2. The number of nitrogens with zero attached hydrogens (tertiary/aromatic N) is 5. The normalized spacial score (nSPS) is 13.9. The van der Waals surface area contributed by atoms with Gasteiger partial charge in [0.2, 0.25) is 5.91 Å². The quantitative estimate of drug-likeness (QED) is 0.170. The molecule has 13 nitrogen and oxygen atoms in total. The van der Waals surface area contributed by atoms with E-state index >= 15 is 0 Å². The first-order valence-corrected chi connectivity index (χ1v) is 15.9. The fourth-order valence-corrected chi connectivity index (χ4v) is 6.16. The van der Waals surface area contributed by atoms with Crippen molar-refractivity contribution >= 4 is 34.4 Å². The highest BCUT2D eigenvalue weighted by Crippen LogP contribution is 2.37. The first-order valence-electron chi connectivity index (χ1n) is 15.9. The van der Waals surface area contributed by atoms with Crippen molar-refractivity contribution in [1.82, 2.24) is 20.3 Å². The van der Waals surface area contributed by atoms with Crippen molar-refractivity contribution in [3.63, 3.8) is 0 Å². The third-order valence-corrected chi connectivity index (χ3v) is 8.79. The van der Waals surface area contributed by atoms with Crippen molar-refractivity contribution in [3.8, 4) is 34.3 Å². The number of anilines is 2. The summed E-state index contributed by atoms with van der Waals surface area (Å²) in [6.45, 7) is 3.07. The summed E-state index contributed by atoms with van der Waals surface area (Å²) < 4.78 is 22.5. The van der Waals surface area contributed by atoms with Gasteiger partial charge in [0.25, 0.3) is 0 Å². The number of carbonyl (C=O) groups excluding carboxylic acids is 1. The average Bonchev–Trinajstić information content (AvgIpc) is 3.55. The Labute approximate surface area is 289 Å². The van der Waals surface area contributed by atoms with Crippen LogP contribution in [0.3, 0.4) is 0 Å². The molecule has 2 aromatic carbocycles. The van der Waals surface area contributed by atoms with Gasteiger partial charge in [0.05, 0.1) is 34.1 Å². The van der Waals surface area contributed by atoms with Crippen molar-refractivity contribution < 1.29 is 33.6 Å². The van der Waals surface area contributed by atoms with Crippen LogP contribution in [0.1, 0.15) is 23.1 Å². The Morgan fingerprint density at radius 2 is 1.56 bits per heavy atom. The zero-order valence-corrected chi connectivity index (χ0v) is 28.5. The number of rotatable bonds is 12. The summed E-state index contributed by atoms with van der Waals surface area (Å²) >= 11 is 0. The number of pyridine rings is 3. The third-order valence-electron chi connectivity index (χ3n) is 8.79. The van der Waals surface area contributed by atoms with Gasteiger partial charge >= 0.3 is 6.09 Å².